The molecule has 2 amide bonds. The number of carbonyl (C=O) groups is 2. The van der Waals surface area contributed by atoms with E-state index in [1.807, 2.05) is 26.0 Å². The molecule has 6 heteroatoms. The lowest BCUT2D eigenvalue weighted by Gasteiger charge is -2.20. The third kappa shape index (κ3) is 3.60. The molecule has 1 unspecified atom stereocenters. The minimum atomic E-state index is -0.383. The molecule has 2 aliphatic rings. The fourth-order valence-corrected chi connectivity index (χ4v) is 3.60. The first-order chi connectivity index (χ1) is 13.0. The highest BCUT2D eigenvalue weighted by atomic mass is 16.6. The fraction of sp³-hybridized carbons (Fsp3) is 0.333. The van der Waals surface area contributed by atoms with Crippen molar-refractivity contribution in [3.63, 3.8) is 0 Å². The molecule has 0 aromatic heterocycles. The van der Waals surface area contributed by atoms with Gasteiger partial charge in [0.15, 0.2) is 11.5 Å². The summed E-state index contributed by atoms with van der Waals surface area (Å²) in [6.07, 6.45) is 0.212. The number of aryl methyl sites for hydroxylation is 2. The van der Waals surface area contributed by atoms with Gasteiger partial charge in [0, 0.05) is 30.4 Å². The Hall–Kier alpha value is -3.02. The maximum atomic E-state index is 12.7. The van der Waals surface area contributed by atoms with Gasteiger partial charge in [-0.25, -0.2) is 0 Å². The number of fused-ring (bicyclic) bond motifs is 1. The van der Waals surface area contributed by atoms with Gasteiger partial charge in [-0.3, -0.25) is 9.59 Å². The van der Waals surface area contributed by atoms with Crippen LogP contribution in [0.2, 0.25) is 0 Å². The average molecular weight is 366 g/mol. The van der Waals surface area contributed by atoms with Gasteiger partial charge in [-0.1, -0.05) is 6.07 Å². The van der Waals surface area contributed by atoms with Gasteiger partial charge in [0.05, 0.1) is 5.92 Å². The maximum absolute atomic E-state index is 12.7. The van der Waals surface area contributed by atoms with Gasteiger partial charge >= 0.3 is 0 Å². The molecule has 6 nitrogen and oxygen atoms in total. The van der Waals surface area contributed by atoms with Crippen molar-refractivity contribution in [2.45, 2.75) is 20.3 Å². The summed E-state index contributed by atoms with van der Waals surface area (Å²) in [5.41, 5.74) is 3.69. The topological polar surface area (TPSA) is 67.9 Å². The Morgan fingerprint density at radius 1 is 1.04 bits per heavy atom. The number of carbonyl (C=O) groups excluding carboxylic acids is 2. The minimum absolute atomic E-state index is 0.0256. The normalized spacial score (nSPS) is 18.5. The van der Waals surface area contributed by atoms with Crippen molar-refractivity contribution in [3.8, 4) is 11.5 Å². The van der Waals surface area contributed by atoms with Crippen LogP contribution < -0.4 is 19.7 Å². The third-order valence-corrected chi connectivity index (χ3v) is 4.82. The van der Waals surface area contributed by atoms with E-state index in [0.29, 0.717) is 36.9 Å². The van der Waals surface area contributed by atoms with Gasteiger partial charge in [0.2, 0.25) is 11.8 Å². The standard InChI is InChI=1S/C21H22N2O4/c1-13-7-14(2)9-17(8-13)23-12-15(10-20(23)24)21(25)22-16-3-4-18-19(11-16)27-6-5-26-18/h3-4,7-9,11,15H,5-6,10,12H2,1-2H3,(H,22,25). The quantitative estimate of drug-likeness (QED) is 0.907. The van der Waals surface area contributed by atoms with E-state index in [1.165, 1.54) is 0 Å². The van der Waals surface area contributed by atoms with Crippen LogP contribution in [0.25, 0.3) is 0 Å². The number of amides is 2. The molecule has 2 aromatic carbocycles. The van der Waals surface area contributed by atoms with E-state index in [2.05, 4.69) is 11.4 Å². The number of nitrogens with one attached hydrogen (secondary N) is 1. The van der Waals surface area contributed by atoms with Crippen molar-refractivity contribution < 1.29 is 19.1 Å². The van der Waals surface area contributed by atoms with E-state index in [4.69, 9.17) is 9.47 Å². The summed E-state index contributed by atoms with van der Waals surface area (Å²) in [4.78, 5) is 26.8. The van der Waals surface area contributed by atoms with Crippen LogP contribution in [0.3, 0.4) is 0 Å². The molecule has 2 heterocycles. The molecule has 0 spiro atoms. The van der Waals surface area contributed by atoms with E-state index in [1.54, 1.807) is 23.1 Å². The summed E-state index contributed by atoms with van der Waals surface area (Å²) in [5.74, 6) is 0.732. The Morgan fingerprint density at radius 2 is 1.74 bits per heavy atom. The number of hydrogen-bond acceptors (Lipinski definition) is 4. The summed E-state index contributed by atoms with van der Waals surface area (Å²) in [6.45, 7) is 5.41. The summed E-state index contributed by atoms with van der Waals surface area (Å²) in [7, 11) is 0. The summed E-state index contributed by atoms with van der Waals surface area (Å²) >= 11 is 0. The molecule has 2 aliphatic heterocycles. The molecule has 1 fully saturated rings. The molecule has 4 rings (SSSR count). The van der Waals surface area contributed by atoms with Crippen molar-refractivity contribution in [2.24, 2.45) is 5.92 Å². The summed E-state index contributed by atoms with van der Waals surface area (Å²) in [6, 6.07) is 11.3. The molecule has 140 valence electrons. The summed E-state index contributed by atoms with van der Waals surface area (Å²) < 4.78 is 11.0. The third-order valence-electron chi connectivity index (χ3n) is 4.82. The molecular weight excluding hydrogens is 344 g/mol. The number of rotatable bonds is 3. The lowest BCUT2D eigenvalue weighted by atomic mass is 10.1. The van der Waals surface area contributed by atoms with E-state index >= 15 is 0 Å². The molecule has 1 saturated heterocycles. The lowest BCUT2D eigenvalue weighted by Crippen LogP contribution is -2.28. The van der Waals surface area contributed by atoms with Crippen molar-refractivity contribution in [1.82, 2.24) is 0 Å². The smallest absolute Gasteiger partial charge is 0.229 e. The van der Waals surface area contributed by atoms with Gasteiger partial charge in [-0.2, -0.15) is 0 Å². The molecule has 0 saturated carbocycles. The Morgan fingerprint density at radius 3 is 2.48 bits per heavy atom. The fourth-order valence-electron chi connectivity index (χ4n) is 3.60. The highest BCUT2D eigenvalue weighted by Crippen LogP contribution is 2.33. The van der Waals surface area contributed by atoms with Crippen LogP contribution >= 0.6 is 0 Å². The average Bonchev–Trinajstić information content (AvgIpc) is 3.03. The first-order valence-corrected chi connectivity index (χ1v) is 9.09. The first-order valence-electron chi connectivity index (χ1n) is 9.09. The van der Waals surface area contributed by atoms with Crippen LogP contribution in [0.4, 0.5) is 11.4 Å². The number of ether oxygens (including phenoxy) is 2. The Kier molecular flexibility index (Phi) is 4.48. The van der Waals surface area contributed by atoms with E-state index in [0.717, 1.165) is 16.8 Å². The largest absolute Gasteiger partial charge is 0.486 e. The second-order valence-electron chi connectivity index (χ2n) is 7.10. The molecule has 2 aromatic rings. The van der Waals surface area contributed by atoms with Crippen molar-refractivity contribution in [3.05, 3.63) is 47.5 Å². The Bertz CT molecular complexity index is 889. The van der Waals surface area contributed by atoms with E-state index in [-0.39, 0.29) is 24.2 Å². The second-order valence-corrected chi connectivity index (χ2v) is 7.10. The summed E-state index contributed by atoms with van der Waals surface area (Å²) in [5, 5.41) is 2.90. The predicted octanol–water partition coefficient (Wildman–Crippen LogP) is 3.07. The van der Waals surface area contributed by atoms with Crippen molar-refractivity contribution in [1.29, 1.82) is 0 Å². The lowest BCUT2D eigenvalue weighted by molar-refractivity contribution is -0.122. The first kappa shape index (κ1) is 17.4. The number of benzene rings is 2. The number of anilines is 2. The number of hydrogen-bond donors (Lipinski definition) is 1. The van der Waals surface area contributed by atoms with Crippen molar-refractivity contribution in [2.75, 3.05) is 30.0 Å². The zero-order valence-corrected chi connectivity index (χ0v) is 15.5. The van der Waals surface area contributed by atoms with Crippen LogP contribution in [-0.2, 0) is 9.59 Å². The highest BCUT2D eigenvalue weighted by molar-refractivity contribution is 6.03. The SMILES string of the molecule is Cc1cc(C)cc(N2CC(C(=O)Nc3ccc4c(c3)OCCO4)CC2=O)c1. The highest BCUT2D eigenvalue weighted by Gasteiger charge is 2.35. The Balaban J connectivity index is 1.46. The van der Waals surface area contributed by atoms with Crippen LogP contribution in [0.1, 0.15) is 17.5 Å². The van der Waals surface area contributed by atoms with Gasteiger partial charge in [-0.15, -0.1) is 0 Å². The van der Waals surface area contributed by atoms with E-state index < -0.39 is 0 Å². The number of nitrogens with zero attached hydrogens (tertiary/aromatic N) is 1. The molecular formula is C21H22N2O4. The molecule has 0 bridgehead atoms. The van der Waals surface area contributed by atoms with Gasteiger partial charge in [0.25, 0.3) is 0 Å². The van der Waals surface area contributed by atoms with Crippen LogP contribution in [0, 0.1) is 19.8 Å². The predicted molar refractivity (Wildman–Crippen MR) is 102 cm³/mol. The van der Waals surface area contributed by atoms with Crippen molar-refractivity contribution >= 4 is 23.2 Å². The molecule has 27 heavy (non-hydrogen) atoms. The van der Waals surface area contributed by atoms with E-state index in [9.17, 15) is 9.59 Å². The van der Waals surface area contributed by atoms with Crippen LogP contribution in [0.15, 0.2) is 36.4 Å². The van der Waals surface area contributed by atoms with Gasteiger partial charge in [0.1, 0.15) is 13.2 Å². The molecule has 0 radical (unpaired) electrons. The van der Waals surface area contributed by atoms with Crippen LogP contribution in [0.5, 0.6) is 11.5 Å². The van der Waals surface area contributed by atoms with Gasteiger partial charge < -0.3 is 19.7 Å². The monoisotopic (exact) mass is 366 g/mol. The molecule has 1 N–H and O–H groups in total. The zero-order chi connectivity index (χ0) is 19.0. The molecule has 1 atom stereocenters. The minimum Gasteiger partial charge on any atom is -0.486 e. The maximum Gasteiger partial charge on any atom is 0.229 e. The Labute approximate surface area is 158 Å². The zero-order valence-electron chi connectivity index (χ0n) is 15.5. The van der Waals surface area contributed by atoms with Gasteiger partial charge in [-0.05, 0) is 49.2 Å². The van der Waals surface area contributed by atoms with Crippen LogP contribution in [-0.4, -0.2) is 31.6 Å². The molecule has 0 aliphatic carbocycles. The second kappa shape index (κ2) is 6.95.